The van der Waals surface area contributed by atoms with Crippen LogP contribution in [0.2, 0.25) is 0 Å². The van der Waals surface area contributed by atoms with Crippen molar-refractivity contribution in [3.05, 3.63) is 59.7 Å². The molecule has 2 fully saturated rings. The number of carboxylic acids is 2. The van der Waals surface area contributed by atoms with Crippen LogP contribution in [0.1, 0.15) is 62.5 Å². The van der Waals surface area contributed by atoms with Crippen LogP contribution in [-0.2, 0) is 15.0 Å². The van der Waals surface area contributed by atoms with E-state index < -0.39 is 11.9 Å². The van der Waals surface area contributed by atoms with Crippen molar-refractivity contribution in [2.45, 2.75) is 56.8 Å². The Bertz CT molecular complexity index is 912. The molecule has 2 N–H and O–H groups in total. The fourth-order valence-corrected chi connectivity index (χ4v) is 7.11. The zero-order valence-corrected chi connectivity index (χ0v) is 17.8. The average Bonchev–Trinajstić information content (AvgIpc) is 3.11. The summed E-state index contributed by atoms with van der Waals surface area (Å²) in [4.78, 5) is 23.2. The average molecular weight is 419 g/mol. The highest BCUT2D eigenvalue weighted by Gasteiger charge is 2.54. The molecule has 162 valence electrons. The molecule has 3 aliphatic carbocycles. The summed E-state index contributed by atoms with van der Waals surface area (Å²) < 4.78 is 0. The first-order valence-electron chi connectivity index (χ1n) is 11.7. The molecule has 2 aromatic rings. The summed E-state index contributed by atoms with van der Waals surface area (Å²) in [6.07, 6.45) is 6.59. The van der Waals surface area contributed by atoms with Crippen molar-refractivity contribution in [2.75, 3.05) is 0 Å². The standard InChI is InChI=1S/C27H30O4/c28-25(29)17-9-13-19(14-10-17)27(20-15-11-18(12-16-20)26(30)31)23-7-3-1-5-21(23)22-6-2-4-8-24(22)27/h1-8,17-20H,9-16H2,(H,28,29)(H,30,31). The Morgan fingerprint density at radius 1 is 0.613 bits per heavy atom. The summed E-state index contributed by atoms with van der Waals surface area (Å²) in [5.41, 5.74) is 5.24. The summed E-state index contributed by atoms with van der Waals surface area (Å²) in [5.74, 6) is -1.02. The lowest BCUT2D eigenvalue weighted by atomic mass is 9.53. The Labute approximate surface area is 183 Å². The van der Waals surface area contributed by atoms with Crippen molar-refractivity contribution in [1.82, 2.24) is 0 Å². The smallest absolute Gasteiger partial charge is 0.306 e. The molecule has 4 nitrogen and oxygen atoms in total. The summed E-state index contributed by atoms with van der Waals surface area (Å²) in [5, 5.41) is 19.1. The third-order valence-electron chi connectivity index (χ3n) is 8.48. The monoisotopic (exact) mass is 418 g/mol. The summed E-state index contributed by atoms with van der Waals surface area (Å²) in [6.45, 7) is 0. The van der Waals surface area contributed by atoms with Gasteiger partial charge in [-0.1, -0.05) is 48.5 Å². The minimum atomic E-state index is -0.665. The molecule has 0 unspecified atom stereocenters. The third-order valence-corrected chi connectivity index (χ3v) is 8.48. The molecule has 0 spiro atoms. The third kappa shape index (κ3) is 3.10. The van der Waals surface area contributed by atoms with Gasteiger partial charge in [0.15, 0.2) is 0 Å². The van der Waals surface area contributed by atoms with Crippen LogP contribution >= 0.6 is 0 Å². The zero-order chi connectivity index (χ0) is 21.6. The predicted molar refractivity (Wildman–Crippen MR) is 119 cm³/mol. The van der Waals surface area contributed by atoms with Crippen molar-refractivity contribution < 1.29 is 19.8 Å². The van der Waals surface area contributed by atoms with Crippen molar-refractivity contribution in [2.24, 2.45) is 23.7 Å². The fraction of sp³-hybridized carbons (Fsp3) is 0.481. The molecule has 0 amide bonds. The van der Waals surface area contributed by atoms with Crippen LogP contribution in [0.15, 0.2) is 48.5 Å². The molecular formula is C27H30O4. The molecule has 2 saturated carbocycles. The number of rotatable bonds is 4. The first-order chi connectivity index (χ1) is 15.0. The van der Waals surface area contributed by atoms with Gasteiger partial charge in [0.1, 0.15) is 0 Å². The normalized spacial score (nSPS) is 29.0. The van der Waals surface area contributed by atoms with Gasteiger partial charge in [-0.15, -0.1) is 0 Å². The van der Waals surface area contributed by atoms with E-state index in [2.05, 4.69) is 48.5 Å². The number of benzene rings is 2. The number of carboxylic acid groups (broad SMARTS) is 2. The topological polar surface area (TPSA) is 74.6 Å². The van der Waals surface area contributed by atoms with E-state index in [1.54, 1.807) is 0 Å². The maximum Gasteiger partial charge on any atom is 0.306 e. The maximum absolute atomic E-state index is 11.6. The quantitative estimate of drug-likeness (QED) is 0.664. The zero-order valence-electron chi connectivity index (χ0n) is 17.8. The van der Waals surface area contributed by atoms with Gasteiger partial charge in [-0.2, -0.15) is 0 Å². The Morgan fingerprint density at radius 2 is 0.968 bits per heavy atom. The van der Waals surface area contributed by atoms with E-state index >= 15 is 0 Å². The lowest BCUT2D eigenvalue weighted by Gasteiger charge is -2.49. The van der Waals surface area contributed by atoms with Crippen LogP contribution in [0.4, 0.5) is 0 Å². The highest BCUT2D eigenvalue weighted by molar-refractivity contribution is 5.81. The molecule has 4 heteroatoms. The molecule has 31 heavy (non-hydrogen) atoms. The lowest BCUT2D eigenvalue weighted by Crippen LogP contribution is -2.45. The molecule has 0 aliphatic heterocycles. The highest BCUT2D eigenvalue weighted by atomic mass is 16.4. The highest BCUT2D eigenvalue weighted by Crippen LogP contribution is 2.62. The fourth-order valence-electron chi connectivity index (χ4n) is 7.11. The van der Waals surface area contributed by atoms with Gasteiger partial charge < -0.3 is 10.2 Å². The second-order valence-corrected chi connectivity index (χ2v) is 9.73. The SMILES string of the molecule is O=C(O)C1CCC(C2(C3CCC(C(=O)O)CC3)c3ccccc3-c3ccccc32)CC1. The van der Waals surface area contributed by atoms with Gasteiger partial charge in [0, 0.05) is 5.41 Å². The van der Waals surface area contributed by atoms with E-state index in [9.17, 15) is 19.8 Å². The number of carbonyl (C=O) groups is 2. The van der Waals surface area contributed by atoms with Gasteiger partial charge in [-0.05, 0) is 85.5 Å². The largest absolute Gasteiger partial charge is 0.481 e. The van der Waals surface area contributed by atoms with Gasteiger partial charge in [-0.25, -0.2) is 0 Å². The summed E-state index contributed by atoms with van der Waals surface area (Å²) in [6, 6.07) is 17.5. The number of aliphatic carboxylic acids is 2. The second kappa shape index (κ2) is 7.81. The van der Waals surface area contributed by atoms with Crippen molar-refractivity contribution >= 4 is 11.9 Å². The van der Waals surface area contributed by atoms with Crippen LogP contribution < -0.4 is 0 Å². The van der Waals surface area contributed by atoms with E-state index in [0.717, 1.165) is 51.4 Å². The number of fused-ring (bicyclic) bond motifs is 3. The Hall–Kier alpha value is -2.62. The van der Waals surface area contributed by atoms with Crippen molar-refractivity contribution in [3.8, 4) is 11.1 Å². The molecule has 0 bridgehead atoms. The molecule has 0 aromatic heterocycles. The van der Waals surface area contributed by atoms with Crippen LogP contribution in [0.25, 0.3) is 11.1 Å². The van der Waals surface area contributed by atoms with Gasteiger partial charge in [0.2, 0.25) is 0 Å². The van der Waals surface area contributed by atoms with Gasteiger partial charge in [0.25, 0.3) is 0 Å². The molecular weight excluding hydrogens is 388 g/mol. The van der Waals surface area contributed by atoms with Crippen LogP contribution in [0.5, 0.6) is 0 Å². The summed E-state index contributed by atoms with van der Waals surface area (Å²) in [7, 11) is 0. The molecule has 0 saturated heterocycles. The number of hydrogen-bond acceptors (Lipinski definition) is 2. The van der Waals surface area contributed by atoms with Crippen LogP contribution in [0, 0.1) is 23.7 Å². The van der Waals surface area contributed by atoms with E-state index in [0.29, 0.717) is 11.8 Å². The molecule has 0 atom stereocenters. The predicted octanol–water partition coefficient (Wildman–Crippen LogP) is 5.74. The maximum atomic E-state index is 11.6. The molecule has 3 aliphatic rings. The minimum Gasteiger partial charge on any atom is -0.481 e. The van der Waals surface area contributed by atoms with Gasteiger partial charge in [-0.3, -0.25) is 9.59 Å². The van der Waals surface area contributed by atoms with E-state index in [1.807, 2.05) is 0 Å². The molecule has 2 aromatic carbocycles. The first kappa shape index (κ1) is 20.3. The van der Waals surface area contributed by atoms with E-state index in [-0.39, 0.29) is 17.3 Å². The Kier molecular flexibility index (Phi) is 5.11. The van der Waals surface area contributed by atoms with Gasteiger partial charge in [0.05, 0.1) is 11.8 Å². The summed E-state index contributed by atoms with van der Waals surface area (Å²) >= 11 is 0. The van der Waals surface area contributed by atoms with E-state index in [4.69, 9.17) is 0 Å². The molecule has 0 heterocycles. The molecule has 0 radical (unpaired) electrons. The second-order valence-electron chi connectivity index (χ2n) is 9.73. The minimum absolute atomic E-state index is 0.139. The Balaban J connectivity index is 1.61. The first-order valence-corrected chi connectivity index (χ1v) is 11.7. The van der Waals surface area contributed by atoms with E-state index in [1.165, 1.54) is 22.3 Å². The molecule has 5 rings (SSSR count). The van der Waals surface area contributed by atoms with Gasteiger partial charge >= 0.3 is 11.9 Å². The van der Waals surface area contributed by atoms with Crippen molar-refractivity contribution in [3.63, 3.8) is 0 Å². The lowest BCUT2D eigenvalue weighted by molar-refractivity contribution is -0.143. The van der Waals surface area contributed by atoms with Crippen molar-refractivity contribution in [1.29, 1.82) is 0 Å². The van der Waals surface area contributed by atoms with Crippen LogP contribution in [-0.4, -0.2) is 22.2 Å². The number of hydrogen-bond donors (Lipinski definition) is 2. The van der Waals surface area contributed by atoms with Crippen LogP contribution in [0.3, 0.4) is 0 Å². The Morgan fingerprint density at radius 3 is 1.32 bits per heavy atom.